The van der Waals surface area contributed by atoms with E-state index in [0.29, 0.717) is 5.57 Å². The summed E-state index contributed by atoms with van der Waals surface area (Å²) in [6.07, 6.45) is 1.32. The summed E-state index contributed by atoms with van der Waals surface area (Å²) in [5.74, 6) is -2.70. The third-order valence-electron chi connectivity index (χ3n) is 4.04. The first-order valence-corrected chi connectivity index (χ1v) is 7.96. The van der Waals surface area contributed by atoms with Crippen molar-refractivity contribution in [1.82, 2.24) is 0 Å². The second kappa shape index (κ2) is 7.19. The Morgan fingerprint density at radius 3 is 2.46 bits per heavy atom. The molecule has 0 saturated carbocycles. The van der Waals surface area contributed by atoms with Crippen LogP contribution in [0.5, 0.6) is 0 Å². The number of carboxylic acid groups (broad SMARTS) is 1. The lowest BCUT2D eigenvalue weighted by Gasteiger charge is -2.09. The molecule has 1 amide bonds. The molecule has 3 aromatic rings. The van der Waals surface area contributed by atoms with E-state index in [1.165, 1.54) is 18.2 Å². The Morgan fingerprint density at radius 2 is 1.73 bits per heavy atom. The second-order valence-electron chi connectivity index (χ2n) is 5.85. The Kier molecular flexibility index (Phi) is 4.80. The number of hydrogen-bond donors (Lipinski definition) is 2. The third-order valence-corrected chi connectivity index (χ3v) is 4.04. The van der Waals surface area contributed by atoms with Gasteiger partial charge in [0.25, 0.3) is 0 Å². The maximum absolute atomic E-state index is 13.9. The molecular weight excluding hydrogens is 333 g/mol. The van der Waals surface area contributed by atoms with Crippen molar-refractivity contribution in [3.8, 4) is 0 Å². The predicted molar refractivity (Wildman–Crippen MR) is 99.6 cm³/mol. The number of aromatic carboxylic acids is 1. The van der Waals surface area contributed by atoms with E-state index < -0.39 is 17.7 Å². The quantitative estimate of drug-likeness (QED) is 0.670. The van der Waals surface area contributed by atoms with Gasteiger partial charge in [0.05, 0.1) is 11.3 Å². The van der Waals surface area contributed by atoms with E-state index in [9.17, 15) is 14.0 Å². The first-order chi connectivity index (χ1) is 12.5. The van der Waals surface area contributed by atoms with Gasteiger partial charge in [-0.1, -0.05) is 42.5 Å². The van der Waals surface area contributed by atoms with E-state index in [2.05, 4.69) is 5.32 Å². The van der Waals surface area contributed by atoms with Crippen molar-refractivity contribution in [1.29, 1.82) is 0 Å². The Bertz CT molecular complexity index is 1040. The van der Waals surface area contributed by atoms with Gasteiger partial charge in [-0.15, -0.1) is 0 Å². The average Bonchev–Trinajstić information content (AvgIpc) is 2.62. The van der Waals surface area contributed by atoms with Crippen LogP contribution >= 0.6 is 0 Å². The van der Waals surface area contributed by atoms with Gasteiger partial charge in [0, 0.05) is 6.08 Å². The molecule has 0 radical (unpaired) electrons. The fourth-order valence-electron chi connectivity index (χ4n) is 2.70. The number of carboxylic acids is 1. The van der Waals surface area contributed by atoms with Crippen molar-refractivity contribution in [2.75, 3.05) is 5.32 Å². The van der Waals surface area contributed by atoms with Gasteiger partial charge in [-0.3, -0.25) is 4.79 Å². The summed E-state index contributed by atoms with van der Waals surface area (Å²) in [6, 6.07) is 17.3. The molecule has 3 aromatic carbocycles. The van der Waals surface area contributed by atoms with Crippen LogP contribution in [-0.2, 0) is 4.79 Å². The van der Waals surface area contributed by atoms with Crippen molar-refractivity contribution in [2.24, 2.45) is 0 Å². The van der Waals surface area contributed by atoms with Gasteiger partial charge < -0.3 is 10.4 Å². The molecule has 0 atom stereocenters. The van der Waals surface area contributed by atoms with Crippen LogP contribution in [0.2, 0.25) is 0 Å². The lowest BCUT2D eigenvalue weighted by molar-refractivity contribution is -0.111. The maximum Gasteiger partial charge on any atom is 0.337 e. The summed E-state index contributed by atoms with van der Waals surface area (Å²) < 4.78 is 13.9. The van der Waals surface area contributed by atoms with Crippen molar-refractivity contribution in [3.05, 3.63) is 83.7 Å². The molecule has 0 spiro atoms. The van der Waals surface area contributed by atoms with Gasteiger partial charge in [-0.25, -0.2) is 9.18 Å². The number of carbonyl (C=O) groups excluding carboxylic acids is 1. The predicted octanol–water partition coefficient (Wildman–Crippen LogP) is 4.72. The molecule has 0 saturated heterocycles. The summed E-state index contributed by atoms with van der Waals surface area (Å²) in [7, 11) is 0. The highest BCUT2D eigenvalue weighted by Crippen LogP contribution is 2.23. The summed E-state index contributed by atoms with van der Waals surface area (Å²) >= 11 is 0. The van der Waals surface area contributed by atoms with Crippen molar-refractivity contribution >= 4 is 33.9 Å². The lowest BCUT2D eigenvalue weighted by atomic mass is 10.0. The minimum atomic E-state index is -1.31. The van der Waals surface area contributed by atoms with Gasteiger partial charge in [0.1, 0.15) is 5.82 Å². The number of hydrogen-bond acceptors (Lipinski definition) is 2. The first-order valence-electron chi connectivity index (χ1n) is 7.96. The highest BCUT2D eigenvalue weighted by atomic mass is 19.1. The molecular formula is C21H16FNO3. The molecule has 130 valence electrons. The molecule has 0 aliphatic carbocycles. The van der Waals surface area contributed by atoms with Crippen LogP contribution in [0.1, 0.15) is 22.8 Å². The highest BCUT2D eigenvalue weighted by molar-refractivity contribution is 6.07. The number of amides is 1. The summed E-state index contributed by atoms with van der Waals surface area (Å²) in [4.78, 5) is 23.4. The summed E-state index contributed by atoms with van der Waals surface area (Å²) in [5, 5.41) is 13.6. The molecule has 5 heteroatoms. The monoisotopic (exact) mass is 349 g/mol. The molecule has 2 N–H and O–H groups in total. The highest BCUT2D eigenvalue weighted by Gasteiger charge is 2.15. The number of halogens is 1. The molecule has 0 heterocycles. The summed E-state index contributed by atoms with van der Waals surface area (Å²) in [5.41, 5.74) is 0.898. The number of para-hydroxylation sites is 1. The Labute approximate surface area is 149 Å². The molecule has 0 aromatic heterocycles. The molecule has 0 bridgehead atoms. The minimum absolute atomic E-state index is 0.296. The molecule has 0 fully saturated rings. The minimum Gasteiger partial charge on any atom is -0.478 e. The zero-order chi connectivity index (χ0) is 18.7. The number of rotatable bonds is 4. The van der Waals surface area contributed by atoms with E-state index in [-0.39, 0.29) is 11.3 Å². The fraction of sp³-hybridized carbons (Fsp3) is 0.0476. The van der Waals surface area contributed by atoms with Gasteiger partial charge in [0.2, 0.25) is 5.91 Å². The topological polar surface area (TPSA) is 66.4 Å². The molecule has 3 rings (SSSR count). The van der Waals surface area contributed by atoms with Crippen LogP contribution in [-0.4, -0.2) is 17.0 Å². The number of anilines is 1. The zero-order valence-corrected chi connectivity index (χ0v) is 14.0. The summed E-state index contributed by atoms with van der Waals surface area (Å²) in [6.45, 7) is 1.77. The van der Waals surface area contributed by atoms with E-state index in [1.54, 1.807) is 6.92 Å². The molecule has 4 nitrogen and oxygen atoms in total. The van der Waals surface area contributed by atoms with Crippen LogP contribution in [0.4, 0.5) is 10.1 Å². The van der Waals surface area contributed by atoms with Crippen LogP contribution in [0, 0.1) is 5.82 Å². The molecule has 0 aliphatic rings. The fourth-order valence-corrected chi connectivity index (χ4v) is 2.70. The number of carbonyl (C=O) groups is 2. The lowest BCUT2D eigenvalue weighted by Crippen LogP contribution is -2.14. The van der Waals surface area contributed by atoms with E-state index in [1.807, 2.05) is 42.5 Å². The Morgan fingerprint density at radius 1 is 1.00 bits per heavy atom. The van der Waals surface area contributed by atoms with Crippen LogP contribution in [0.3, 0.4) is 0 Å². The molecule has 0 aliphatic heterocycles. The van der Waals surface area contributed by atoms with Crippen LogP contribution in [0.15, 0.2) is 66.7 Å². The largest absolute Gasteiger partial charge is 0.478 e. The van der Waals surface area contributed by atoms with Crippen molar-refractivity contribution in [2.45, 2.75) is 6.92 Å². The van der Waals surface area contributed by atoms with Crippen molar-refractivity contribution in [3.63, 3.8) is 0 Å². The number of nitrogens with one attached hydrogen (secondary N) is 1. The first kappa shape index (κ1) is 17.4. The van der Waals surface area contributed by atoms with E-state index in [4.69, 9.17) is 5.11 Å². The maximum atomic E-state index is 13.9. The van der Waals surface area contributed by atoms with Crippen LogP contribution < -0.4 is 5.32 Å². The van der Waals surface area contributed by atoms with Gasteiger partial charge in [-0.05, 0) is 47.0 Å². The second-order valence-corrected chi connectivity index (χ2v) is 5.85. The number of benzene rings is 3. The average molecular weight is 349 g/mol. The smallest absolute Gasteiger partial charge is 0.337 e. The van der Waals surface area contributed by atoms with Crippen molar-refractivity contribution < 1.29 is 19.1 Å². The standard InChI is InChI=1S/C21H16FNO3/c1-13(15-10-9-14-5-2-3-6-16(14)12-15)11-19(24)23-20-17(21(25)26)7-4-8-18(20)22/h2-12H,1H3,(H,23,24)(H,25,26)/b13-11-. The van der Waals surface area contributed by atoms with Gasteiger partial charge in [0.15, 0.2) is 0 Å². The number of fused-ring (bicyclic) bond motifs is 1. The number of allylic oxidation sites excluding steroid dienone is 1. The van der Waals surface area contributed by atoms with E-state index in [0.717, 1.165) is 22.4 Å². The Balaban J connectivity index is 1.87. The molecule has 26 heavy (non-hydrogen) atoms. The SMILES string of the molecule is C/C(=C/C(=O)Nc1c(F)cccc1C(=O)O)c1ccc2ccccc2c1. The van der Waals surface area contributed by atoms with E-state index >= 15 is 0 Å². The van der Waals surface area contributed by atoms with Crippen LogP contribution in [0.25, 0.3) is 16.3 Å². The zero-order valence-electron chi connectivity index (χ0n) is 14.0. The normalized spacial score (nSPS) is 11.4. The van der Waals surface area contributed by atoms with Gasteiger partial charge >= 0.3 is 5.97 Å². The molecule has 0 unspecified atom stereocenters. The Hall–Kier alpha value is -3.47. The third kappa shape index (κ3) is 3.62. The van der Waals surface area contributed by atoms with Gasteiger partial charge in [-0.2, -0.15) is 0 Å².